The molecule has 0 bridgehead atoms. The number of fused-ring (bicyclic) bond motifs is 4. The fourth-order valence-electron chi connectivity index (χ4n) is 2.86. The van der Waals surface area contributed by atoms with Crippen LogP contribution in [0.25, 0.3) is 26.8 Å². The normalized spacial score (nSPS) is 11.3. The number of hydrogen-bond acceptors (Lipinski definition) is 9. The number of thiazole rings is 1. The van der Waals surface area contributed by atoms with Crippen molar-refractivity contribution >= 4 is 60.9 Å². The van der Waals surface area contributed by atoms with Crippen molar-refractivity contribution in [2.75, 3.05) is 18.2 Å². The summed E-state index contributed by atoms with van der Waals surface area (Å²) in [7, 11) is 1.62. The van der Waals surface area contributed by atoms with Crippen LogP contribution >= 0.6 is 23.1 Å². The highest BCUT2D eigenvalue weighted by molar-refractivity contribution is 7.99. The average molecular weight is 423 g/mol. The largest absolute Gasteiger partial charge is 0.497 e. The van der Waals surface area contributed by atoms with E-state index < -0.39 is 0 Å². The molecule has 1 amide bonds. The van der Waals surface area contributed by atoms with Gasteiger partial charge in [0.2, 0.25) is 5.91 Å². The van der Waals surface area contributed by atoms with Gasteiger partial charge < -0.3 is 10.1 Å². The van der Waals surface area contributed by atoms with Crippen molar-refractivity contribution in [1.82, 2.24) is 30.0 Å². The van der Waals surface area contributed by atoms with Crippen LogP contribution in [0.15, 0.2) is 47.6 Å². The molecule has 0 aliphatic heterocycles. The van der Waals surface area contributed by atoms with Crippen molar-refractivity contribution in [2.24, 2.45) is 0 Å². The molecule has 0 saturated carbocycles. The number of tetrazole rings is 1. The molecule has 5 aromatic rings. The molecule has 3 heterocycles. The Bertz CT molecular complexity index is 1360. The SMILES string of the molecule is COc1ccc2nc(NC(=O)CSc3nc4ccccc4c4nnnn34)sc2c1. The third-order valence-electron chi connectivity index (χ3n) is 4.19. The molecule has 9 nitrogen and oxygen atoms in total. The summed E-state index contributed by atoms with van der Waals surface area (Å²) in [6, 6.07) is 13.2. The number of para-hydroxylation sites is 1. The summed E-state index contributed by atoms with van der Waals surface area (Å²) >= 11 is 2.66. The Morgan fingerprint density at radius 3 is 3.00 bits per heavy atom. The van der Waals surface area contributed by atoms with Crippen LogP contribution in [0.3, 0.4) is 0 Å². The van der Waals surface area contributed by atoms with Crippen molar-refractivity contribution in [3.8, 4) is 5.75 Å². The minimum Gasteiger partial charge on any atom is -0.497 e. The molecule has 3 aromatic heterocycles. The fourth-order valence-corrected chi connectivity index (χ4v) is 4.51. The first-order valence-electron chi connectivity index (χ1n) is 8.55. The zero-order chi connectivity index (χ0) is 19.8. The second-order valence-corrected chi connectivity index (χ2v) is 7.99. The highest BCUT2D eigenvalue weighted by Gasteiger charge is 2.14. The smallest absolute Gasteiger partial charge is 0.236 e. The number of ether oxygens (including phenoxy) is 1. The van der Waals surface area contributed by atoms with Gasteiger partial charge in [0.25, 0.3) is 0 Å². The van der Waals surface area contributed by atoms with Crippen LogP contribution in [0, 0.1) is 0 Å². The maximum Gasteiger partial charge on any atom is 0.236 e. The van der Waals surface area contributed by atoms with Crippen LogP contribution in [0.5, 0.6) is 5.75 Å². The number of nitrogens with zero attached hydrogens (tertiary/aromatic N) is 6. The Hall–Kier alpha value is -3.31. The van der Waals surface area contributed by atoms with Crippen LogP contribution in [0.1, 0.15) is 0 Å². The number of amides is 1. The van der Waals surface area contributed by atoms with E-state index in [2.05, 4.69) is 30.8 Å². The first kappa shape index (κ1) is 17.8. The summed E-state index contributed by atoms with van der Waals surface area (Å²) in [6.07, 6.45) is 0. The molecule has 0 aliphatic rings. The molecule has 0 radical (unpaired) electrons. The van der Waals surface area contributed by atoms with Gasteiger partial charge in [-0.15, -0.1) is 5.10 Å². The topological polar surface area (TPSA) is 107 Å². The molecule has 11 heteroatoms. The number of carbonyl (C=O) groups excluding carboxylic acids is 1. The van der Waals surface area contributed by atoms with Gasteiger partial charge in [-0.2, -0.15) is 4.52 Å². The van der Waals surface area contributed by atoms with Crippen molar-refractivity contribution in [3.63, 3.8) is 0 Å². The van der Waals surface area contributed by atoms with E-state index in [1.807, 2.05) is 42.5 Å². The van der Waals surface area contributed by atoms with E-state index in [9.17, 15) is 4.79 Å². The van der Waals surface area contributed by atoms with Gasteiger partial charge in [-0.1, -0.05) is 35.2 Å². The average Bonchev–Trinajstić information content (AvgIpc) is 3.38. The number of thioether (sulfide) groups is 1. The molecule has 0 atom stereocenters. The minimum absolute atomic E-state index is 0.152. The van der Waals surface area contributed by atoms with Crippen LogP contribution < -0.4 is 10.1 Å². The molecular formula is C18H13N7O2S2. The highest BCUT2D eigenvalue weighted by atomic mass is 32.2. The Kier molecular flexibility index (Phi) is 4.45. The molecule has 0 unspecified atom stereocenters. The maximum atomic E-state index is 12.4. The fraction of sp³-hybridized carbons (Fsp3) is 0.111. The lowest BCUT2D eigenvalue weighted by molar-refractivity contribution is -0.113. The summed E-state index contributed by atoms with van der Waals surface area (Å²) in [5, 5.41) is 16.6. The first-order chi connectivity index (χ1) is 14.2. The van der Waals surface area contributed by atoms with Gasteiger partial charge in [-0.3, -0.25) is 4.79 Å². The van der Waals surface area contributed by atoms with E-state index in [0.29, 0.717) is 15.9 Å². The van der Waals surface area contributed by atoms with Crippen molar-refractivity contribution in [2.45, 2.75) is 5.16 Å². The summed E-state index contributed by atoms with van der Waals surface area (Å²) in [6.45, 7) is 0. The van der Waals surface area contributed by atoms with E-state index in [0.717, 1.165) is 26.9 Å². The molecule has 0 fully saturated rings. The van der Waals surface area contributed by atoms with Gasteiger partial charge in [-0.05, 0) is 40.8 Å². The number of rotatable bonds is 5. The standard InChI is InChI=1S/C18H13N7O2S2/c1-27-10-6-7-13-14(8-10)29-17(19-13)21-15(26)9-28-18-20-12-5-3-2-4-11(12)16-22-23-24-25(16)18/h2-8H,9H2,1H3,(H,19,21,26). The summed E-state index contributed by atoms with van der Waals surface area (Å²) in [5.74, 6) is 0.721. The minimum atomic E-state index is -0.183. The van der Waals surface area contributed by atoms with Crippen LogP contribution in [0.4, 0.5) is 5.13 Å². The monoisotopic (exact) mass is 423 g/mol. The third kappa shape index (κ3) is 3.34. The van der Waals surface area contributed by atoms with Gasteiger partial charge >= 0.3 is 0 Å². The van der Waals surface area contributed by atoms with Crippen molar-refractivity contribution < 1.29 is 9.53 Å². The molecule has 144 valence electrons. The van der Waals surface area contributed by atoms with Gasteiger partial charge in [0.15, 0.2) is 15.9 Å². The number of benzene rings is 2. The van der Waals surface area contributed by atoms with Gasteiger partial charge in [-0.25, -0.2) is 9.97 Å². The molecule has 1 N–H and O–H groups in total. The summed E-state index contributed by atoms with van der Waals surface area (Å²) < 4.78 is 7.71. The number of nitrogens with one attached hydrogen (secondary N) is 1. The number of aromatic nitrogens is 6. The lowest BCUT2D eigenvalue weighted by Gasteiger charge is -2.05. The molecule has 0 aliphatic carbocycles. The van der Waals surface area contributed by atoms with Crippen LogP contribution in [-0.4, -0.2) is 48.8 Å². The highest BCUT2D eigenvalue weighted by Crippen LogP contribution is 2.29. The Morgan fingerprint density at radius 1 is 1.21 bits per heavy atom. The van der Waals surface area contributed by atoms with Gasteiger partial charge in [0.05, 0.1) is 28.6 Å². The molecule has 5 rings (SSSR count). The van der Waals surface area contributed by atoms with Crippen molar-refractivity contribution in [3.05, 3.63) is 42.5 Å². The lowest BCUT2D eigenvalue weighted by Crippen LogP contribution is -2.14. The lowest BCUT2D eigenvalue weighted by atomic mass is 10.2. The molecule has 29 heavy (non-hydrogen) atoms. The summed E-state index contributed by atoms with van der Waals surface area (Å²) in [5.41, 5.74) is 2.20. The van der Waals surface area contributed by atoms with E-state index in [-0.39, 0.29) is 11.7 Å². The Labute approximate surface area is 172 Å². The molecule has 0 spiro atoms. The number of hydrogen-bond donors (Lipinski definition) is 1. The van der Waals surface area contributed by atoms with Crippen LogP contribution in [-0.2, 0) is 4.79 Å². The zero-order valence-corrected chi connectivity index (χ0v) is 16.7. The quantitative estimate of drug-likeness (QED) is 0.340. The van der Waals surface area contributed by atoms with E-state index >= 15 is 0 Å². The van der Waals surface area contributed by atoms with Gasteiger partial charge in [0, 0.05) is 5.39 Å². The predicted octanol–water partition coefficient (Wildman–Crippen LogP) is 3.02. The second kappa shape index (κ2) is 7.26. The predicted molar refractivity (Wildman–Crippen MR) is 112 cm³/mol. The van der Waals surface area contributed by atoms with E-state index in [4.69, 9.17) is 4.74 Å². The number of methoxy groups -OCH3 is 1. The zero-order valence-electron chi connectivity index (χ0n) is 15.1. The second-order valence-electron chi connectivity index (χ2n) is 6.02. The van der Waals surface area contributed by atoms with Crippen molar-refractivity contribution in [1.29, 1.82) is 0 Å². The van der Waals surface area contributed by atoms with E-state index in [1.165, 1.54) is 23.1 Å². The Balaban J connectivity index is 1.34. The van der Waals surface area contributed by atoms with Crippen LogP contribution in [0.2, 0.25) is 0 Å². The number of anilines is 1. The number of carbonyl (C=O) groups is 1. The van der Waals surface area contributed by atoms with E-state index in [1.54, 1.807) is 11.6 Å². The molecular weight excluding hydrogens is 410 g/mol. The van der Waals surface area contributed by atoms with Gasteiger partial charge in [0.1, 0.15) is 5.75 Å². The third-order valence-corrected chi connectivity index (χ3v) is 6.05. The Morgan fingerprint density at radius 2 is 2.10 bits per heavy atom. The summed E-state index contributed by atoms with van der Waals surface area (Å²) in [4.78, 5) is 21.5. The first-order valence-corrected chi connectivity index (χ1v) is 10.4. The molecule has 0 saturated heterocycles. The maximum absolute atomic E-state index is 12.4. The molecule has 2 aromatic carbocycles.